The Morgan fingerprint density at radius 2 is 2.13 bits per heavy atom. The highest BCUT2D eigenvalue weighted by atomic mass is 79.9. The van der Waals surface area contributed by atoms with E-state index in [-0.39, 0.29) is 0 Å². The van der Waals surface area contributed by atoms with Gasteiger partial charge in [-0.15, -0.1) is 0 Å². The lowest BCUT2D eigenvalue weighted by Crippen LogP contribution is -2.34. The largest absolute Gasteiger partial charge is 0.405 e. The molecule has 0 fully saturated rings. The molecular formula is C9H10BrF3N2. The summed E-state index contributed by atoms with van der Waals surface area (Å²) in [7, 11) is 0. The van der Waals surface area contributed by atoms with Crippen LogP contribution in [0, 0.1) is 0 Å². The van der Waals surface area contributed by atoms with Crippen LogP contribution in [0.5, 0.6) is 0 Å². The molecular weight excluding hydrogens is 273 g/mol. The lowest BCUT2D eigenvalue weighted by molar-refractivity contribution is -0.119. The van der Waals surface area contributed by atoms with Gasteiger partial charge in [0, 0.05) is 18.9 Å². The Bertz CT molecular complexity index is 327. The lowest BCUT2D eigenvalue weighted by atomic mass is 10.3. The van der Waals surface area contributed by atoms with Crippen molar-refractivity contribution in [1.29, 1.82) is 0 Å². The molecule has 6 heteroatoms. The standard InChI is InChI=1S/C9H10BrF3N2/c1-2-15(6-9(11,12)13)8-3-4-14-5-7(8)10/h3-5H,2,6H2,1H3. The van der Waals surface area contributed by atoms with E-state index >= 15 is 0 Å². The predicted octanol–water partition coefficient (Wildman–Crippen LogP) is 3.23. The van der Waals surface area contributed by atoms with E-state index in [0.717, 1.165) is 0 Å². The Balaban J connectivity index is 2.88. The Morgan fingerprint density at radius 1 is 1.47 bits per heavy atom. The van der Waals surface area contributed by atoms with Gasteiger partial charge in [-0.05, 0) is 28.9 Å². The van der Waals surface area contributed by atoms with Gasteiger partial charge in [-0.1, -0.05) is 0 Å². The molecule has 0 aliphatic carbocycles. The summed E-state index contributed by atoms with van der Waals surface area (Å²) in [5.41, 5.74) is 0.504. The fourth-order valence-electron chi connectivity index (χ4n) is 1.21. The van der Waals surface area contributed by atoms with Crippen LogP contribution >= 0.6 is 15.9 Å². The third-order valence-electron chi connectivity index (χ3n) is 1.84. The first-order valence-electron chi connectivity index (χ1n) is 4.35. The van der Waals surface area contributed by atoms with E-state index in [0.29, 0.717) is 16.7 Å². The highest BCUT2D eigenvalue weighted by molar-refractivity contribution is 9.10. The molecule has 0 unspecified atom stereocenters. The Labute approximate surface area is 94.2 Å². The zero-order valence-corrected chi connectivity index (χ0v) is 9.64. The summed E-state index contributed by atoms with van der Waals surface area (Å²) >= 11 is 3.17. The Kier molecular flexibility index (Phi) is 3.96. The molecule has 0 spiro atoms. The van der Waals surface area contributed by atoms with Crippen molar-refractivity contribution < 1.29 is 13.2 Å². The van der Waals surface area contributed by atoms with E-state index in [1.165, 1.54) is 17.3 Å². The van der Waals surface area contributed by atoms with Gasteiger partial charge < -0.3 is 4.90 Å². The first-order chi connectivity index (χ1) is 6.94. The minimum absolute atomic E-state index is 0.294. The zero-order valence-electron chi connectivity index (χ0n) is 8.05. The SMILES string of the molecule is CCN(CC(F)(F)F)c1ccncc1Br. The highest BCUT2D eigenvalue weighted by Gasteiger charge is 2.30. The number of alkyl halides is 3. The number of pyridine rings is 1. The van der Waals surface area contributed by atoms with Crippen molar-refractivity contribution in [3.63, 3.8) is 0 Å². The number of hydrogen-bond acceptors (Lipinski definition) is 2. The molecule has 2 nitrogen and oxygen atoms in total. The average molecular weight is 283 g/mol. The number of nitrogens with zero attached hydrogens (tertiary/aromatic N) is 2. The van der Waals surface area contributed by atoms with E-state index < -0.39 is 12.7 Å². The molecule has 0 bridgehead atoms. The molecule has 15 heavy (non-hydrogen) atoms. The van der Waals surface area contributed by atoms with Crippen molar-refractivity contribution in [3.8, 4) is 0 Å². The van der Waals surface area contributed by atoms with Crippen LogP contribution in [0.15, 0.2) is 22.9 Å². The maximum absolute atomic E-state index is 12.2. The van der Waals surface area contributed by atoms with Crippen molar-refractivity contribution in [1.82, 2.24) is 4.98 Å². The third-order valence-corrected chi connectivity index (χ3v) is 2.45. The smallest absolute Gasteiger partial charge is 0.362 e. The monoisotopic (exact) mass is 282 g/mol. The minimum Gasteiger partial charge on any atom is -0.362 e. The number of anilines is 1. The molecule has 0 N–H and O–H groups in total. The van der Waals surface area contributed by atoms with Crippen LogP contribution in [0.2, 0.25) is 0 Å². The predicted molar refractivity (Wildman–Crippen MR) is 55.9 cm³/mol. The first-order valence-corrected chi connectivity index (χ1v) is 5.14. The molecule has 84 valence electrons. The molecule has 0 aliphatic heterocycles. The van der Waals surface area contributed by atoms with E-state index in [9.17, 15) is 13.2 Å². The quantitative estimate of drug-likeness (QED) is 0.846. The van der Waals surface area contributed by atoms with Crippen LogP contribution in [0.4, 0.5) is 18.9 Å². The summed E-state index contributed by atoms with van der Waals surface area (Å²) in [4.78, 5) is 5.05. The van der Waals surface area contributed by atoms with Crippen molar-refractivity contribution in [2.75, 3.05) is 18.0 Å². The fourth-order valence-corrected chi connectivity index (χ4v) is 1.71. The maximum Gasteiger partial charge on any atom is 0.405 e. The lowest BCUT2D eigenvalue weighted by Gasteiger charge is -2.25. The summed E-state index contributed by atoms with van der Waals surface area (Å²) in [5, 5.41) is 0. The van der Waals surface area contributed by atoms with Crippen molar-refractivity contribution >= 4 is 21.6 Å². The van der Waals surface area contributed by atoms with Crippen molar-refractivity contribution in [3.05, 3.63) is 22.9 Å². The van der Waals surface area contributed by atoms with Gasteiger partial charge in [0.15, 0.2) is 0 Å². The van der Waals surface area contributed by atoms with Gasteiger partial charge >= 0.3 is 6.18 Å². The summed E-state index contributed by atoms with van der Waals surface area (Å²) in [5.74, 6) is 0. The van der Waals surface area contributed by atoms with Crippen LogP contribution in [0.1, 0.15) is 6.92 Å². The summed E-state index contributed by atoms with van der Waals surface area (Å²) in [6.07, 6.45) is -1.24. The second kappa shape index (κ2) is 4.83. The summed E-state index contributed by atoms with van der Waals surface area (Å²) in [6.45, 7) is 1.02. The normalized spacial score (nSPS) is 11.5. The number of hydrogen-bond donors (Lipinski definition) is 0. The average Bonchev–Trinajstić information content (AvgIpc) is 2.14. The topological polar surface area (TPSA) is 16.1 Å². The van der Waals surface area contributed by atoms with Crippen molar-refractivity contribution in [2.24, 2.45) is 0 Å². The molecule has 0 atom stereocenters. The van der Waals surface area contributed by atoms with Gasteiger partial charge in [0.2, 0.25) is 0 Å². The fraction of sp³-hybridized carbons (Fsp3) is 0.444. The second-order valence-electron chi connectivity index (χ2n) is 2.96. The van der Waals surface area contributed by atoms with Crippen LogP contribution in [0.3, 0.4) is 0 Å². The Hall–Kier alpha value is -0.780. The summed E-state index contributed by atoms with van der Waals surface area (Å²) in [6, 6.07) is 1.55. The molecule has 0 amide bonds. The van der Waals surface area contributed by atoms with E-state index in [2.05, 4.69) is 20.9 Å². The van der Waals surface area contributed by atoms with E-state index in [4.69, 9.17) is 0 Å². The van der Waals surface area contributed by atoms with Gasteiger partial charge in [-0.2, -0.15) is 13.2 Å². The number of rotatable bonds is 3. The van der Waals surface area contributed by atoms with Gasteiger partial charge in [-0.3, -0.25) is 4.98 Å². The van der Waals surface area contributed by atoms with Crippen LogP contribution < -0.4 is 4.90 Å². The molecule has 1 heterocycles. The van der Waals surface area contributed by atoms with Crippen molar-refractivity contribution in [2.45, 2.75) is 13.1 Å². The zero-order chi connectivity index (χ0) is 11.5. The molecule has 0 saturated carbocycles. The number of aromatic nitrogens is 1. The number of halogens is 4. The molecule has 1 rings (SSSR count). The first kappa shape index (κ1) is 12.3. The van der Waals surface area contributed by atoms with E-state index in [1.54, 1.807) is 13.0 Å². The van der Waals surface area contributed by atoms with Crippen LogP contribution in [-0.2, 0) is 0 Å². The maximum atomic E-state index is 12.2. The van der Waals surface area contributed by atoms with Gasteiger partial charge in [-0.25, -0.2) is 0 Å². The van der Waals surface area contributed by atoms with Crippen LogP contribution in [-0.4, -0.2) is 24.2 Å². The second-order valence-corrected chi connectivity index (χ2v) is 3.81. The van der Waals surface area contributed by atoms with E-state index in [1.807, 2.05) is 0 Å². The molecule has 0 radical (unpaired) electrons. The highest BCUT2D eigenvalue weighted by Crippen LogP contribution is 2.27. The van der Waals surface area contributed by atoms with Gasteiger partial charge in [0.05, 0.1) is 10.2 Å². The van der Waals surface area contributed by atoms with Crippen LogP contribution in [0.25, 0.3) is 0 Å². The molecule has 1 aromatic rings. The summed E-state index contributed by atoms with van der Waals surface area (Å²) < 4.78 is 37.3. The van der Waals surface area contributed by atoms with Gasteiger partial charge in [0.25, 0.3) is 0 Å². The third kappa shape index (κ3) is 3.70. The van der Waals surface area contributed by atoms with Gasteiger partial charge in [0.1, 0.15) is 6.54 Å². The minimum atomic E-state index is -4.20. The Morgan fingerprint density at radius 3 is 2.60 bits per heavy atom. The molecule has 0 aliphatic rings. The molecule has 0 aromatic carbocycles. The molecule has 0 saturated heterocycles. The molecule has 1 aromatic heterocycles.